The normalized spacial score (nSPS) is 18.7. The SMILES string of the molecule is CCN1CCCN(c2cc(-c3ccc(F)cc3)nc3c2CCCCC3)CC1. The molecule has 0 spiro atoms. The Morgan fingerprint density at radius 3 is 2.56 bits per heavy atom. The van der Waals surface area contributed by atoms with Crippen molar-refractivity contribution in [2.75, 3.05) is 37.6 Å². The highest BCUT2D eigenvalue weighted by Gasteiger charge is 2.22. The number of fused-ring (bicyclic) bond motifs is 1. The Labute approximate surface area is 162 Å². The van der Waals surface area contributed by atoms with Crippen molar-refractivity contribution in [3.8, 4) is 11.3 Å². The maximum absolute atomic E-state index is 13.4. The molecule has 4 heteroatoms. The van der Waals surface area contributed by atoms with Gasteiger partial charge in [-0.2, -0.15) is 0 Å². The summed E-state index contributed by atoms with van der Waals surface area (Å²) in [6.45, 7) is 7.87. The van der Waals surface area contributed by atoms with Crippen molar-refractivity contribution in [2.24, 2.45) is 0 Å². The number of pyridine rings is 1. The van der Waals surface area contributed by atoms with Crippen molar-refractivity contribution in [3.05, 3.63) is 47.4 Å². The van der Waals surface area contributed by atoms with Crippen LogP contribution in [0.25, 0.3) is 11.3 Å². The number of aryl methyl sites for hydroxylation is 1. The second-order valence-electron chi connectivity index (χ2n) is 7.79. The monoisotopic (exact) mass is 367 g/mol. The summed E-state index contributed by atoms with van der Waals surface area (Å²) < 4.78 is 13.4. The molecule has 1 aliphatic carbocycles. The van der Waals surface area contributed by atoms with Crippen LogP contribution in [-0.2, 0) is 12.8 Å². The first-order valence-corrected chi connectivity index (χ1v) is 10.5. The predicted molar refractivity (Wildman–Crippen MR) is 110 cm³/mol. The Hall–Kier alpha value is -1.94. The van der Waals surface area contributed by atoms with Gasteiger partial charge in [0, 0.05) is 36.6 Å². The quantitative estimate of drug-likeness (QED) is 0.734. The molecule has 1 aliphatic heterocycles. The number of hydrogen-bond acceptors (Lipinski definition) is 3. The van der Waals surface area contributed by atoms with E-state index in [-0.39, 0.29) is 5.82 Å². The Balaban J connectivity index is 1.74. The molecule has 27 heavy (non-hydrogen) atoms. The van der Waals surface area contributed by atoms with E-state index < -0.39 is 0 Å². The molecule has 1 fully saturated rings. The zero-order chi connectivity index (χ0) is 18.6. The highest BCUT2D eigenvalue weighted by Crippen LogP contribution is 2.33. The molecule has 0 unspecified atom stereocenters. The van der Waals surface area contributed by atoms with E-state index >= 15 is 0 Å². The molecular weight excluding hydrogens is 337 g/mol. The Kier molecular flexibility index (Phi) is 5.72. The van der Waals surface area contributed by atoms with Crippen LogP contribution in [0.2, 0.25) is 0 Å². The number of likely N-dealkylation sites (N-methyl/N-ethyl adjacent to an activating group) is 1. The van der Waals surface area contributed by atoms with Crippen LogP contribution in [0, 0.1) is 5.82 Å². The summed E-state index contributed by atoms with van der Waals surface area (Å²) in [5.74, 6) is -0.194. The van der Waals surface area contributed by atoms with Gasteiger partial charge in [0.25, 0.3) is 0 Å². The van der Waals surface area contributed by atoms with E-state index in [0.29, 0.717) is 0 Å². The van der Waals surface area contributed by atoms with Crippen LogP contribution in [0.4, 0.5) is 10.1 Å². The summed E-state index contributed by atoms with van der Waals surface area (Å²) in [7, 11) is 0. The van der Waals surface area contributed by atoms with Gasteiger partial charge in [0.05, 0.1) is 5.69 Å². The molecule has 2 aliphatic rings. The Bertz CT molecular complexity index is 772. The van der Waals surface area contributed by atoms with Crippen molar-refractivity contribution in [1.29, 1.82) is 0 Å². The number of hydrogen-bond donors (Lipinski definition) is 0. The van der Waals surface area contributed by atoms with E-state index in [9.17, 15) is 4.39 Å². The fourth-order valence-electron chi connectivity index (χ4n) is 4.44. The first-order chi connectivity index (χ1) is 13.2. The van der Waals surface area contributed by atoms with Gasteiger partial charge in [-0.3, -0.25) is 4.98 Å². The maximum atomic E-state index is 13.4. The van der Waals surface area contributed by atoms with Crippen molar-refractivity contribution < 1.29 is 4.39 Å². The summed E-state index contributed by atoms with van der Waals surface area (Å²) in [5, 5.41) is 0. The zero-order valence-electron chi connectivity index (χ0n) is 16.4. The minimum atomic E-state index is -0.194. The topological polar surface area (TPSA) is 19.4 Å². The second-order valence-corrected chi connectivity index (χ2v) is 7.79. The second kappa shape index (κ2) is 8.39. The lowest BCUT2D eigenvalue weighted by Crippen LogP contribution is -2.31. The molecule has 4 rings (SSSR count). The highest BCUT2D eigenvalue weighted by atomic mass is 19.1. The van der Waals surface area contributed by atoms with Crippen molar-refractivity contribution in [2.45, 2.75) is 45.4 Å². The molecule has 2 heterocycles. The van der Waals surface area contributed by atoms with Crippen LogP contribution in [0.3, 0.4) is 0 Å². The van der Waals surface area contributed by atoms with Crippen LogP contribution in [0.1, 0.15) is 43.9 Å². The van der Waals surface area contributed by atoms with Gasteiger partial charge in [0.15, 0.2) is 0 Å². The van der Waals surface area contributed by atoms with E-state index in [2.05, 4.69) is 22.8 Å². The molecule has 0 atom stereocenters. The molecule has 0 amide bonds. The molecule has 0 bridgehead atoms. The third kappa shape index (κ3) is 4.16. The van der Waals surface area contributed by atoms with Crippen molar-refractivity contribution in [3.63, 3.8) is 0 Å². The average molecular weight is 368 g/mol. The van der Waals surface area contributed by atoms with Gasteiger partial charge in [0.1, 0.15) is 5.82 Å². The first kappa shape index (κ1) is 18.4. The summed E-state index contributed by atoms with van der Waals surface area (Å²) in [4.78, 5) is 10.1. The van der Waals surface area contributed by atoms with Gasteiger partial charge >= 0.3 is 0 Å². The van der Waals surface area contributed by atoms with Gasteiger partial charge < -0.3 is 9.80 Å². The number of aromatic nitrogens is 1. The van der Waals surface area contributed by atoms with E-state index in [1.165, 1.54) is 61.3 Å². The number of nitrogens with zero attached hydrogens (tertiary/aromatic N) is 3. The molecule has 3 nitrogen and oxygen atoms in total. The lowest BCUT2D eigenvalue weighted by Gasteiger charge is -2.27. The van der Waals surface area contributed by atoms with Crippen LogP contribution in [0.15, 0.2) is 30.3 Å². The number of halogens is 1. The summed E-state index contributed by atoms with van der Waals surface area (Å²) >= 11 is 0. The third-order valence-corrected chi connectivity index (χ3v) is 6.04. The lowest BCUT2D eigenvalue weighted by molar-refractivity contribution is 0.310. The van der Waals surface area contributed by atoms with Crippen LogP contribution in [-0.4, -0.2) is 42.6 Å². The maximum Gasteiger partial charge on any atom is 0.123 e. The van der Waals surface area contributed by atoms with E-state index in [0.717, 1.165) is 50.3 Å². The molecule has 1 saturated heterocycles. The van der Waals surface area contributed by atoms with E-state index in [1.54, 1.807) is 0 Å². The molecule has 0 radical (unpaired) electrons. The van der Waals surface area contributed by atoms with Gasteiger partial charge in [0.2, 0.25) is 0 Å². The minimum Gasteiger partial charge on any atom is -0.370 e. The van der Waals surface area contributed by atoms with E-state index in [1.807, 2.05) is 12.1 Å². The largest absolute Gasteiger partial charge is 0.370 e. The van der Waals surface area contributed by atoms with Crippen molar-refractivity contribution in [1.82, 2.24) is 9.88 Å². The summed E-state index contributed by atoms with van der Waals surface area (Å²) in [5.41, 5.74) is 6.10. The molecule has 0 saturated carbocycles. The van der Waals surface area contributed by atoms with Gasteiger partial charge in [-0.1, -0.05) is 13.3 Å². The molecule has 1 aromatic heterocycles. The summed E-state index contributed by atoms with van der Waals surface area (Å²) in [6, 6.07) is 9.04. The Morgan fingerprint density at radius 2 is 1.74 bits per heavy atom. The van der Waals surface area contributed by atoms with Gasteiger partial charge in [-0.15, -0.1) is 0 Å². The predicted octanol–water partition coefficient (Wildman–Crippen LogP) is 4.69. The van der Waals surface area contributed by atoms with E-state index in [4.69, 9.17) is 4.98 Å². The standard InChI is InChI=1S/C23H30FN3/c1-2-26-13-6-14-27(16-15-26)23-17-22(18-9-11-19(24)12-10-18)25-21-8-5-3-4-7-20(21)23/h9-12,17H,2-8,13-16H2,1H3. The third-order valence-electron chi connectivity index (χ3n) is 6.04. The molecular formula is C23H30FN3. The molecule has 1 aromatic carbocycles. The fourth-order valence-corrected chi connectivity index (χ4v) is 4.44. The average Bonchev–Trinajstić information content (AvgIpc) is 3.08. The lowest BCUT2D eigenvalue weighted by atomic mass is 10.0. The number of rotatable bonds is 3. The molecule has 2 aromatic rings. The minimum absolute atomic E-state index is 0.194. The molecule has 0 N–H and O–H groups in total. The van der Waals surface area contributed by atoms with Crippen molar-refractivity contribution >= 4 is 5.69 Å². The first-order valence-electron chi connectivity index (χ1n) is 10.5. The zero-order valence-corrected chi connectivity index (χ0v) is 16.4. The van der Waals surface area contributed by atoms with Crippen LogP contribution >= 0.6 is 0 Å². The smallest absolute Gasteiger partial charge is 0.123 e. The highest BCUT2D eigenvalue weighted by molar-refractivity contribution is 5.68. The van der Waals surface area contributed by atoms with Gasteiger partial charge in [-0.25, -0.2) is 4.39 Å². The summed E-state index contributed by atoms with van der Waals surface area (Å²) in [6.07, 6.45) is 7.16. The Morgan fingerprint density at radius 1 is 0.926 bits per heavy atom. The fraction of sp³-hybridized carbons (Fsp3) is 0.522. The van der Waals surface area contributed by atoms with Gasteiger partial charge in [-0.05, 0) is 81.1 Å². The number of benzene rings is 1. The number of anilines is 1. The van der Waals surface area contributed by atoms with Crippen LogP contribution in [0.5, 0.6) is 0 Å². The molecule has 144 valence electrons. The van der Waals surface area contributed by atoms with Crippen LogP contribution < -0.4 is 4.90 Å².